The first-order chi connectivity index (χ1) is 15.0. The van der Waals surface area contributed by atoms with Crippen LogP contribution in [-0.4, -0.2) is 33.5 Å². The van der Waals surface area contributed by atoms with Gasteiger partial charge >= 0.3 is 0 Å². The van der Waals surface area contributed by atoms with Crippen LogP contribution in [0.1, 0.15) is 6.92 Å². The molecule has 0 spiro atoms. The van der Waals surface area contributed by atoms with Crippen molar-refractivity contribution in [1.82, 2.24) is 14.8 Å². The number of thioether (sulfide) groups is 1. The normalized spacial score (nSPS) is 11.1. The van der Waals surface area contributed by atoms with Crippen LogP contribution in [0.25, 0.3) is 22.6 Å². The molecule has 7 nitrogen and oxygen atoms in total. The van der Waals surface area contributed by atoms with Gasteiger partial charge in [0.1, 0.15) is 11.6 Å². The van der Waals surface area contributed by atoms with Gasteiger partial charge in [-0.1, -0.05) is 23.9 Å². The van der Waals surface area contributed by atoms with Crippen molar-refractivity contribution in [2.24, 2.45) is 0 Å². The maximum Gasteiger partial charge on any atom is 0.234 e. The van der Waals surface area contributed by atoms with Gasteiger partial charge in [-0.05, 0) is 31.2 Å². The summed E-state index contributed by atoms with van der Waals surface area (Å²) < 4.78 is 40.1. The Morgan fingerprint density at radius 1 is 1.23 bits per heavy atom. The molecule has 2 heterocycles. The summed E-state index contributed by atoms with van der Waals surface area (Å²) in [6.45, 7) is 2.46. The Hall–Kier alpha value is -3.40. The van der Waals surface area contributed by atoms with E-state index in [0.29, 0.717) is 34.6 Å². The smallest absolute Gasteiger partial charge is 0.234 e. The lowest BCUT2D eigenvalue weighted by atomic mass is 10.2. The Morgan fingerprint density at radius 2 is 2.06 bits per heavy atom. The van der Waals surface area contributed by atoms with E-state index in [-0.39, 0.29) is 11.4 Å². The van der Waals surface area contributed by atoms with Gasteiger partial charge < -0.3 is 14.5 Å². The number of carbonyl (C=O) groups is 1. The maximum absolute atomic E-state index is 13.7. The highest BCUT2D eigenvalue weighted by Crippen LogP contribution is 2.33. The zero-order chi connectivity index (χ0) is 22.0. The number of amides is 1. The minimum absolute atomic E-state index is 0.0535. The zero-order valence-electron chi connectivity index (χ0n) is 16.7. The number of furan rings is 1. The van der Waals surface area contributed by atoms with Crippen LogP contribution in [0.3, 0.4) is 0 Å². The van der Waals surface area contributed by atoms with Crippen molar-refractivity contribution in [3.63, 3.8) is 0 Å². The van der Waals surface area contributed by atoms with Crippen molar-refractivity contribution in [2.75, 3.05) is 18.2 Å². The van der Waals surface area contributed by atoms with E-state index in [1.807, 2.05) is 35.8 Å². The minimum Gasteiger partial charge on any atom is -0.493 e. The largest absolute Gasteiger partial charge is 0.493 e. The topological polar surface area (TPSA) is 82.2 Å². The molecule has 31 heavy (non-hydrogen) atoms. The average Bonchev–Trinajstić information content (AvgIpc) is 3.38. The Morgan fingerprint density at radius 3 is 2.84 bits per heavy atom. The first-order valence-corrected chi connectivity index (χ1v) is 10.4. The van der Waals surface area contributed by atoms with E-state index in [4.69, 9.17) is 9.15 Å². The van der Waals surface area contributed by atoms with E-state index >= 15 is 0 Å². The van der Waals surface area contributed by atoms with Crippen LogP contribution in [0, 0.1) is 11.6 Å². The summed E-state index contributed by atoms with van der Waals surface area (Å²) in [4.78, 5) is 12.2. The van der Waals surface area contributed by atoms with E-state index in [9.17, 15) is 13.6 Å². The third-order valence-corrected chi connectivity index (χ3v) is 5.48. The van der Waals surface area contributed by atoms with Gasteiger partial charge in [-0.3, -0.25) is 9.36 Å². The number of rotatable bonds is 7. The lowest BCUT2D eigenvalue weighted by Gasteiger charge is -2.07. The third kappa shape index (κ3) is 4.24. The fourth-order valence-corrected chi connectivity index (χ4v) is 3.88. The zero-order valence-corrected chi connectivity index (χ0v) is 17.5. The summed E-state index contributed by atoms with van der Waals surface area (Å²) in [5.74, 6) is -0.243. The second kappa shape index (κ2) is 8.76. The van der Waals surface area contributed by atoms with Crippen LogP contribution in [0.15, 0.2) is 52.0 Å². The summed E-state index contributed by atoms with van der Waals surface area (Å²) in [5, 5.41) is 12.1. The predicted molar refractivity (Wildman–Crippen MR) is 113 cm³/mol. The molecule has 0 saturated heterocycles. The van der Waals surface area contributed by atoms with Gasteiger partial charge in [-0.25, -0.2) is 8.78 Å². The number of hydrogen-bond donors (Lipinski definition) is 1. The van der Waals surface area contributed by atoms with Gasteiger partial charge in [0.15, 0.2) is 22.2 Å². The number of benzene rings is 2. The van der Waals surface area contributed by atoms with E-state index in [1.54, 1.807) is 7.11 Å². The molecule has 0 fully saturated rings. The fourth-order valence-electron chi connectivity index (χ4n) is 3.08. The lowest BCUT2D eigenvalue weighted by molar-refractivity contribution is -0.113. The molecule has 10 heteroatoms. The van der Waals surface area contributed by atoms with Gasteiger partial charge in [-0.15, -0.1) is 10.2 Å². The number of anilines is 1. The molecular formula is C21H18F2N4O3S. The fraction of sp³-hybridized carbons (Fsp3) is 0.190. The van der Waals surface area contributed by atoms with E-state index in [1.165, 1.54) is 0 Å². The quantitative estimate of drug-likeness (QED) is 0.415. The van der Waals surface area contributed by atoms with Crippen LogP contribution in [0.4, 0.5) is 14.5 Å². The summed E-state index contributed by atoms with van der Waals surface area (Å²) in [6.07, 6.45) is 0. The summed E-state index contributed by atoms with van der Waals surface area (Å²) in [5.41, 5.74) is 0.399. The number of methoxy groups -OCH3 is 1. The molecule has 0 aliphatic rings. The number of para-hydroxylation sites is 1. The Kier molecular flexibility index (Phi) is 5.90. The monoisotopic (exact) mass is 444 g/mol. The Balaban J connectivity index is 1.52. The molecule has 2 aromatic heterocycles. The molecule has 2 aromatic carbocycles. The van der Waals surface area contributed by atoms with Crippen molar-refractivity contribution in [2.45, 2.75) is 18.6 Å². The van der Waals surface area contributed by atoms with Crippen LogP contribution >= 0.6 is 11.8 Å². The third-order valence-electron chi connectivity index (χ3n) is 4.52. The summed E-state index contributed by atoms with van der Waals surface area (Å²) in [6, 6.07) is 10.3. The molecule has 1 N–H and O–H groups in total. The van der Waals surface area contributed by atoms with Crippen molar-refractivity contribution >= 4 is 34.3 Å². The molecule has 1 amide bonds. The second-order valence-corrected chi connectivity index (χ2v) is 7.44. The standard InChI is InChI=1S/C21H18F2N4O3S/c1-3-27-20(17-9-12-5-4-6-16(29-2)19(12)30-17)25-26-21(27)31-11-18(28)24-15-10-13(22)7-8-14(15)23/h4-10H,3,11H2,1-2H3,(H,24,28). The molecule has 0 aliphatic carbocycles. The number of hydrogen-bond acceptors (Lipinski definition) is 6. The van der Waals surface area contributed by atoms with Crippen LogP contribution in [0.2, 0.25) is 0 Å². The van der Waals surface area contributed by atoms with E-state index in [0.717, 1.165) is 35.3 Å². The summed E-state index contributed by atoms with van der Waals surface area (Å²) >= 11 is 1.13. The van der Waals surface area contributed by atoms with Gasteiger partial charge in [0.2, 0.25) is 11.7 Å². The van der Waals surface area contributed by atoms with Gasteiger partial charge in [0.25, 0.3) is 0 Å². The minimum atomic E-state index is -0.709. The predicted octanol–water partition coefficient (Wildman–Crippen LogP) is 4.73. The van der Waals surface area contributed by atoms with Crippen molar-refractivity contribution < 1.29 is 22.7 Å². The van der Waals surface area contributed by atoms with E-state index in [2.05, 4.69) is 15.5 Å². The van der Waals surface area contributed by atoms with Crippen molar-refractivity contribution in [1.29, 1.82) is 0 Å². The molecule has 0 atom stereocenters. The number of halogens is 2. The Bertz CT molecular complexity index is 1250. The van der Waals surface area contributed by atoms with Crippen LogP contribution < -0.4 is 10.1 Å². The van der Waals surface area contributed by atoms with Crippen molar-refractivity contribution in [3.05, 3.63) is 54.1 Å². The second-order valence-electron chi connectivity index (χ2n) is 6.50. The molecule has 0 radical (unpaired) electrons. The lowest BCUT2D eigenvalue weighted by Crippen LogP contribution is -2.15. The Labute approximate surface area is 180 Å². The molecular weight excluding hydrogens is 426 g/mol. The summed E-state index contributed by atoms with van der Waals surface area (Å²) in [7, 11) is 1.57. The van der Waals surface area contributed by atoms with Gasteiger partial charge in [0.05, 0.1) is 18.6 Å². The van der Waals surface area contributed by atoms with Crippen LogP contribution in [-0.2, 0) is 11.3 Å². The number of ether oxygens (including phenoxy) is 1. The highest BCUT2D eigenvalue weighted by atomic mass is 32.2. The average molecular weight is 444 g/mol. The highest BCUT2D eigenvalue weighted by molar-refractivity contribution is 7.99. The molecule has 0 saturated carbocycles. The number of nitrogens with zero attached hydrogens (tertiary/aromatic N) is 3. The molecule has 0 bridgehead atoms. The maximum atomic E-state index is 13.7. The molecule has 0 unspecified atom stereocenters. The number of carbonyl (C=O) groups excluding carboxylic acids is 1. The van der Waals surface area contributed by atoms with Gasteiger partial charge in [0, 0.05) is 18.0 Å². The first kappa shape index (κ1) is 20.9. The molecule has 0 aliphatic heterocycles. The molecule has 4 rings (SSSR count). The SMILES string of the molecule is CCn1c(SCC(=O)Nc2cc(F)ccc2F)nnc1-c1cc2cccc(OC)c2o1. The number of fused-ring (bicyclic) bond motifs is 1. The van der Waals surface area contributed by atoms with Gasteiger partial charge in [-0.2, -0.15) is 0 Å². The molecule has 160 valence electrons. The van der Waals surface area contributed by atoms with Crippen LogP contribution in [0.5, 0.6) is 5.75 Å². The van der Waals surface area contributed by atoms with E-state index < -0.39 is 17.5 Å². The number of aromatic nitrogens is 3. The molecule has 4 aromatic rings. The number of nitrogens with one attached hydrogen (secondary N) is 1. The van der Waals surface area contributed by atoms with Crippen molar-refractivity contribution in [3.8, 4) is 17.3 Å². The first-order valence-electron chi connectivity index (χ1n) is 9.38. The highest BCUT2D eigenvalue weighted by Gasteiger charge is 2.19.